The van der Waals surface area contributed by atoms with Crippen molar-refractivity contribution in [1.29, 1.82) is 0 Å². The number of nitrogens with two attached hydrogens (primary N) is 1. The zero-order valence-corrected chi connectivity index (χ0v) is 10.2. The van der Waals surface area contributed by atoms with Crippen molar-refractivity contribution in [3.8, 4) is 0 Å². The van der Waals surface area contributed by atoms with Gasteiger partial charge in [-0.25, -0.2) is 4.39 Å². The van der Waals surface area contributed by atoms with Crippen LogP contribution in [-0.4, -0.2) is 17.6 Å². The minimum atomic E-state index is -0.290. The molecule has 0 aromatic heterocycles. The zero-order chi connectivity index (χ0) is 12.0. The largest absolute Gasteiger partial charge is 0.409 e. The Morgan fingerprint density at radius 1 is 1.56 bits per heavy atom. The normalized spacial score (nSPS) is 11.5. The van der Waals surface area contributed by atoms with Gasteiger partial charge in [-0.1, -0.05) is 5.16 Å². The van der Waals surface area contributed by atoms with Crippen molar-refractivity contribution in [2.24, 2.45) is 10.9 Å². The Morgan fingerprint density at radius 2 is 2.31 bits per heavy atom. The van der Waals surface area contributed by atoms with Gasteiger partial charge in [-0.3, -0.25) is 0 Å². The summed E-state index contributed by atoms with van der Waals surface area (Å²) in [6.45, 7) is 0.623. The molecule has 0 fully saturated rings. The zero-order valence-electron chi connectivity index (χ0n) is 8.58. The summed E-state index contributed by atoms with van der Waals surface area (Å²) in [6.07, 6.45) is 1.20. The second kappa shape index (κ2) is 6.32. The number of rotatable bonds is 5. The molecule has 16 heavy (non-hydrogen) atoms. The van der Waals surface area contributed by atoms with Gasteiger partial charge in [0.25, 0.3) is 0 Å². The van der Waals surface area contributed by atoms with Crippen molar-refractivity contribution in [1.82, 2.24) is 0 Å². The molecule has 0 spiro atoms. The second-order valence-electron chi connectivity index (χ2n) is 3.25. The van der Waals surface area contributed by atoms with Crippen LogP contribution in [0.1, 0.15) is 12.8 Å². The molecule has 0 radical (unpaired) electrons. The van der Waals surface area contributed by atoms with Crippen LogP contribution in [0.25, 0.3) is 0 Å². The van der Waals surface area contributed by atoms with Gasteiger partial charge in [-0.2, -0.15) is 0 Å². The van der Waals surface area contributed by atoms with E-state index < -0.39 is 0 Å². The van der Waals surface area contributed by atoms with Crippen molar-refractivity contribution >= 4 is 27.5 Å². The van der Waals surface area contributed by atoms with Crippen molar-refractivity contribution < 1.29 is 9.60 Å². The van der Waals surface area contributed by atoms with E-state index in [0.717, 1.165) is 4.47 Å². The van der Waals surface area contributed by atoms with E-state index in [1.54, 1.807) is 6.07 Å². The van der Waals surface area contributed by atoms with Crippen LogP contribution >= 0.6 is 15.9 Å². The lowest BCUT2D eigenvalue weighted by molar-refractivity contribution is 0.316. The topological polar surface area (TPSA) is 70.6 Å². The van der Waals surface area contributed by atoms with Crippen molar-refractivity contribution in [2.45, 2.75) is 12.8 Å². The Balaban J connectivity index is 2.40. The molecule has 4 N–H and O–H groups in total. The molecule has 0 saturated carbocycles. The molecule has 0 aliphatic heterocycles. The quantitative estimate of drug-likeness (QED) is 0.256. The van der Waals surface area contributed by atoms with Gasteiger partial charge in [0.05, 0.1) is 5.69 Å². The number of nitrogens with one attached hydrogen (secondary N) is 1. The summed E-state index contributed by atoms with van der Waals surface area (Å²) >= 11 is 3.31. The van der Waals surface area contributed by atoms with Crippen LogP contribution in [0.4, 0.5) is 10.1 Å². The maximum atomic E-state index is 12.9. The first-order valence-corrected chi connectivity index (χ1v) is 5.58. The lowest BCUT2D eigenvalue weighted by Gasteiger charge is -2.08. The van der Waals surface area contributed by atoms with Gasteiger partial charge in [0.15, 0.2) is 0 Å². The Kier molecular flexibility index (Phi) is 5.04. The van der Waals surface area contributed by atoms with E-state index in [9.17, 15) is 4.39 Å². The summed E-state index contributed by atoms with van der Waals surface area (Å²) in [5.41, 5.74) is 6.00. The molecule has 1 aromatic carbocycles. The van der Waals surface area contributed by atoms with E-state index in [1.807, 2.05) is 0 Å². The van der Waals surface area contributed by atoms with Crippen LogP contribution < -0.4 is 11.1 Å². The molecule has 1 rings (SSSR count). The molecule has 0 atom stereocenters. The highest BCUT2D eigenvalue weighted by molar-refractivity contribution is 9.10. The minimum Gasteiger partial charge on any atom is -0.409 e. The third-order valence-electron chi connectivity index (χ3n) is 1.98. The highest BCUT2D eigenvalue weighted by atomic mass is 79.9. The van der Waals surface area contributed by atoms with Crippen LogP contribution in [-0.2, 0) is 0 Å². The van der Waals surface area contributed by atoms with Crippen molar-refractivity contribution in [3.05, 3.63) is 28.5 Å². The highest BCUT2D eigenvalue weighted by Gasteiger charge is 2.01. The summed E-state index contributed by atoms with van der Waals surface area (Å²) in [4.78, 5) is 0. The minimum absolute atomic E-state index is 0.195. The molecule has 88 valence electrons. The van der Waals surface area contributed by atoms with Gasteiger partial charge in [0.2, 0.25) is 0 Å². The van der Waals surface area contributed by atoms with E-state index >= 15 is 0 Å². The van der Waals surface area contributed by atoms with E-state index in [-0.39, 0.29) is 11.7 Å². The van der Waals surface area contributed by atoms with Crippen molar-refractivity contribution in [2.75, 3.05) is 11.9 Å². The van der Waals surface area contributed by atoms with Gasteiger partial charge >= 0.3 is 0 Å². The average Bonchev–Trinajstić information content (AvgIpc) is 2.28. The van der Waals surface area contributed by atoms with E-state index in [4.69, 9.17) is 10.9 Å². The first-order valence-electron chi connectivity index (χ1n) is 4.79. The molecule has 4 nitrogen and oxygen atoms in total. The maximum absolute atomic E-state index is 12.9. The molecular formula is C10H13BrFN3O. The van der Waals surface area contributed by atoms with Gasteiger partial charge in [-0.15, -0.1) is 0 Å². The van der Waals surface area contributed by atoms with Crippen LogP contribution in [0, 0.1) is 5.82 Å². The Bertz CT molecular complexity index is 384. The summed E-state index contributed by atoms with van der Waals surface area (Å²) in [7, 11) is 0. The summed E-state index contributed by atoms with van der Waals surface area (Å²) in [5, 5.41) is 14.2. The third-order valence-corrected chi connectivity index (χ3v) is 2.67. The predicted octanol–water partition coefficient (Wildman–Crippen LogP) is 2.53. The third kappa shape index (κ3) is 4.06. The molecular weight excluding hydrogens is 277 g/mol. The highest BCUT2D eigenvalue weighted by Crippen LogP contribution is 2.22. The van der Waals surface area contributed by atoms with Crippen LogP contribution in [0.5, 0.6) is 0 Å². The Hall–Kier alpha value is -1.30. The van der Waals surface area contributed by atoms with Crippen LogP contribution in [0.3, 0.4) is 0 Å². The maximum Gasteiger partial charge on any atom is 0.139 e. The van der Waals surface area contributed by atoms with E-state index in [1.165, 1.54) is 12.1 Å². The summed E-state index contributed by atoms with van der Waals surface area (Å²) in [6, 6.07) is 4.43. The number of benzene rings is 1. The van der Waals surface area contributed by atoms with Crippen molar-refractivity contribution in [3.63, 3.8) is 0 Å². The van der Waals surface area contributed by atoms with Gasteiger partial charge in [-0.05, 0) is 40.5 Å². The number of hydrogen-bond donors (Lipinski definition) is 3. The van der Waals surface area contributed by atoms with E-state index in [2.05, 4.69) is 26.4 Å². The lowest BCUT2D eigenvalue weighted by atomic mass is 10.2. The number of oxime groups is 1. The summed E-state index contributed by atoms with van der Waals surface area (Å²) < 4.78 is 13.7. The molecule has 1 aromatic rings. The molecule has 0 amide bonds. The molecule has 0 aliphatic rings. The van der Waals surface area contributed by atoms with Gasteiger partial charge in [0.1, 0.15) is 11.7 Å². The molecule has 0 saturated heterocycles. The monoisotopic (exact) mass is 289 g/mol. The smallest absolute Gasteiger partial charge is 0.139 e. The molecule has 0 heterocycles. The van der Waals surface area contributed by atoms with Crippen LogP contribution in [0.2, 0.25) is 0 Å². The van der Waals surface area contributed by atoms with Gasteiger partial charge < -0.3 is 16.3 Å². The van der Waals surface area contributed by atoms with Crippen LogP contribution in [0.15, 0.2) is 27.8 Å². The standard InChI is InChI=1S/C10H13BrFN3O/c11-8-4-3-7(12)6-9(8)14-5-1-2-10(13)15-16/h3-4,6,14,16H,1-2,5H2,(H2,13,15). The number of halogens is 2. The summed E-state index contributed by atoms with van der Waals surface area (Å²) in [5.74, 6) is -0.0951. The first kappa shape index (κ1) is 12.8. The first-order chi connectivity index (χ1) is 7.63. The SMILES string of the molecule is N/C(CCCNc1cc(F)ccc1Br)=N/O. The average molecular weight is 290 g/mol. The number of nitrogens with zero attached hydrogens (tertiary/aromatic N) is 1. The predicted molar refractivity (Wildman–Crippen MR) is 65.2 cm³/mol. The lowest BCUT2D eigenvalue weighted by Crippen LogP contribution is -2.13. The number of amidine groups is 1. The Morgan fingerprint density at radius 3 is 3.00 bits per heavy atom. The molecule has 0 unspecified atom stereocenters. The number of anilines is 1. The number of hydrogen-bond acceptors (Lipinski definition) is 3. The fourth-order valence-corrected chi connectivity index (χ4v) is 1.56. The van der Waals surface area contributed by atoms with Gasteiger partial charge in [0, 0.05) is 17.4 Å². The molecule has 6 heteroatoms. The second-order valence-corrected chi connectivity index (χ2v) is 4.10. The fourth-order valence-electron chi connectivity index (χ4n) is 1.18. The van der Waals surface area contributed by atoms with E-state index in [0.29, 0.717) is 25.1 Å². The molecule has 0 aliphatic carbocycles. The Labute approximate surface area is 101 Å². The molecule has 0 bridgehead atoms. The fraction of sp³-hybridized carbons (Fsp3) is 0.300.